The van der Waals surface area contributed by atoms with Crippen molar-refractivity contribution in [3.63, 3.8) is 0 Å². The molecule has 0 spiro atoms. The Bertz CT molecular complexity index is 1640. The van der Waals surface area contributed by atoms with Crippen LogP contribution in [0, 0.1) is 0 Å². The standard InChI is InChI=1S/C28H22N6O7.2Na/c1-15-12-21(14-23(25(15)36)27(39)40)34-32-19-8-4-17(5-9-19)30-28(41)29-16-2-6-18(7-3-16)31-33-20-10-11-24(35)22(13-20)26(37)38;;/h2-14,31-32H,1H3,(H,37,38)(H,39,40)(H2,29,30,41);;/q;2*+1/p-2/b33-20+,34-21-;;. The third-order valence-electron chi connectivity index (χ3n) is 5.58. The maximum Gasteiger partial charge on any atom is 1.00 e. The van der Waals surface area contributed by atoms with Gasteiger partial charge in [-0.05, 0) is 91.4 Å². The number of carboxylic acid groups (broad SMARTS) is 2. The second kappa shape index (κ2) is 15.9. The smallest absolute Gasteiger partial charge is 0.545 e. The number of nitrogens with zero attached hydrogens (tertiary/aromatic N) is 2. The first-order valence-corrected chi connectivity index (χ1v) is 11.9. The van der Waals surface area contributed by atoms with E-state index in [9.17, 15) is 34.2 Å². The van der Waals surface area contributed by atoms with Crippen molar-refractivity contribution in [1.82, 2.24) is 0 Å². The van der Waals surface area contributed by atoms with Gasteiger partial charge >= 0.3 is 65.1 Å². The van der Waals surface area contributed by atoms with Gasteiger partial charge in [-0.3, -0.25) is 20.4 Å². The molecule has 0 unspecified atom stereocenters. The Kier molecular flexibility index (Phi) is 13.0. The van der Waals surface area contributed by atoms with Crippen LogP contribution in [0.3, 0.4) is 0 Å². The van der Waals surface area contributed by atoms with E-state index in [1.165, 1.54) is 19.1 Å². The van der Waals surface area contributed by atoms with Gasteiger partial charge in [-0.1, -0.05) is 0 Å². The predicted molar refractivity (Wildman–Crippen MR) is 147 cm³/mol. The number of amides is 2. The van der Waals surface area contributed by atoms with Gasteiger partial charge in [0.1, 0.15) is 0 Å². The number of nitrogens with one attached hydrogen (secondary N) is 4. The van der Waals surface area contributed by atoms with Crippen molar-refractivity contribution in [3.8, 4) is 0 Å². The summed E-state index contributed by atoms with van der Waals surface area (Å²) >= 11 is 0. The van der Waals surface area contributed by atoms with E-state index in [-0.39, 0.29) is 76.1 Å². The molecule has 0 aromatic heterocycles. The minimum Gasteiger partial charge on any atom is -0.545 e. The summed E-state index contributed by atoms with van der Waals surface area (Å²) in [6.45, 7) is 1.48. The first-order valence-electron chi connectivity index (χ1n) is 11.9. The van der Waals surface area contributed by atoms with Gasteiger partial charge in [-0.2, -0.15) is 10.2 Å². The van der Waals surface area contributed by atoms with Crippen LogP contribution in [0.1, 0.15) is 6.92 Å². The number of carbonyl (C=O) groups excluding carboxylic acids is 5. The van der Waals surface area contributed by atoms with Crippen LogP contribution in [-0.2, 0) is 19.2 Å². The number of hydrogen-bond donors (Lipinski definition) is 4. The average Bonchev–Trinajstić information content (AvgIpc) is 2.94. The van der Waals surface area contributed by atoms with Crippen molar-refractivity contribution in [2.45, 2.75) is 6.92 Å². The van der Waals surface area contributed by atoms with Crippen molar-refractivity contribution in [2.24, 2.45) is 10.2 Å². The Hall–Kier alpha value is -4.11. The van der Waals surface area contributed by atoms with Gasteiger partial charge in [-0.15, -0.1) is 0 Å². The first kappa shape index (κ1) is 35.1. The third-order valence-corrected chi connectivity index (χ3v) is 5.58. The molecule has 0 atom stereocenters. The first-order chi connectivity index (χ1) is 19.6. The van der Waals surface area contributed by atoms with Gasteiger partial charge in [0.2, 0.25) is 0 Å². The predicted octanol–water partition coefficient (Wildman–Crippen LogP) is -5.11. The van der Waals surface area contributed by atoms with Gasteiger partial charge in [0.05, 0.1) is 34.7 Å². The number of benzene rings is 2. The minimum atomic E-state index is -1.58. The molecule has 43 heavy (non-hydrogen) atoms. The van der Waals surface area contributed by atoms with Crippen LogP contribution in [0.15, 0.2) is 106 Å². The molecule has 0 saturated heterocycles. The summed E-state index contributed by atoms with van der Waals surface area (Å²) < 4.78 is 0. The summed E-state index contributed by atoms with van der Waals surface area (Å²) in [5.74, 6) is -4.46. The molecule has 15 heteroatoms. The summed E-state index contributed by atoms with van der Waals surface area (Å²) in [4.78, 5) is 57.8. The minimum absolute atomic E-state index is 0. The van der Waals surface area contributed by atoms with E-state index in [1.54, 1.807) is 48.5 Å². The Morgan fingerprint density at radius 1 is 0.628 bits per heavy atom. The van der Waals surface area contributed by atoms with E-state index >= 15 is 0 Å². The number of rotatable bonds is 8. The zero-order valence-electron chi connectivity index (χ0n) is 23.3. The summed E-state index contributed by atoms with van der Waals surface area (Å²) in [5, 5.41) is 35.6. The Morgan fingerprint density at radius 2 is 1.07 bits per heavy atom. The molecule has 2 aliphatic carbocycles. The van der Waals surface area contributed by atoms with E-state index in [2.05, 4.69) is 31.7 Å². The number of ketones is 2. The molecule has 206 valence electrons. The average molecular weight is 598 g/mol. The van der Waals surface area contributed by atoms with Crippen molar-refractivity contribution in [1.29, 1.82) is 0 Å². The molecule has 0 saturated carbocycles. The Morgan fingerprint density at radius 3 is 1.56 bits per heavy atom. The quantitative estimate of drug-likeness (QED) is 0.0992. The van der Waals surface area contributed by atoms with Crippen LogP contribution in [0.25, 0.3) is 0 Å². The van der Waals surface area contributed by atoms with Gasteiger partial charge in [0, 0.05) is 22.5 Å². The number of carboxylic acids is 2. The van der Waals surface area contributed by atoms with Crippen LogP contribution in [0.4, 0.5) is 27.5 Å². The molecule has 2 amide bonds. The van der Waals surface area contributed by atoms with Crippen LogP contribution in [-0.4, -0.2) is 41.0 Å². The number of Topliss-reactive ketones (excluding diaryl/α,β-unsaturated/α-hetero) is 1. The zero-order chi connectivity index (χ0) is 29.5. The SMILES string of the molecule is CC1=C/C(=N/Nc2ccc(NC(=O)Nc3ccc(N/N=C4\C=CC(=O)C(C(=O)[O-])=C4)cc3)cc2)C=C(C(=O)[O-])C1=O.[Na+].[Na+]. The molecule has 0 radical (unpaired) electrons. The van der Waals surface area contributed by atoms with E-state index in [0.29, 0.717) is 22.7 Å². The van der Waals surface area contributed by atoms with E-state index < -0.39 is 40.7 Å². The van der Waals surface area contributed by atoms with Gasteiger partial charge < -0.3 is 30.4 Å². The molecule has 2 aromatic carbocycles. The molecule has 4 N–H and O–H groups in total. The van der Waals surface area contributed by atoms with Crippen molar-refractivity contribution >= 4 is 63.7 Å². The molecular formula is C28H20N6Na2O7. The fourth-order valence-corrected chi connectivity index (χ4v) is 3.53. The second-order valence-electron chi connectivity index (χ2n) is 8.58. The van der Waals surface area contributed by atoms with Gasteiger partial charge in [0.15, 0.2) is 11.6 Å². The molecule has 0 heterocycles. The molecule has 2 aromatic rings. The number of aliphatic carboxylic acids is 2. The van der Waals surface area contributed by atoms with Crippen molar-refractivity contribution < 1.29 is 93.3 Å². The van der Waals surface area contributed by atoms with E-state index in [4.69, 9.17) is 0 Å². The number of anilines is 4. The number of hydrazone groups is 2. The zero-order valence-corrected chi connectivity index (χ0v) is 27.3. The molecular weight excluding hydrogens is 578 g/mol. The van der Waals surface area contributed by atoms with Crippen LogP contribution in [0.5, 0.6) is 0 Å². The van der Waals surface area contributed by atoms with Gasteiger partial charge in [0.25, 0.3) is 0 Å². The van der Waals surface area contributed by atoms with Crippen LogP contribution in [0.2, 0.25) is 0 Å². The maximum atomic E-state index is 12.4. The van der Waals surface area contributed by atoms with E-state index in [1.807, 2.05) is 0 Å². The molecule has 0 bridgehead atoms. The maximum absolute atomic E-state index is 12.4. The molecule has 0 aliphatic heterocycles. The number of carbonyl (C=O) groups is 5. The number of urea groups is 1. The molecule has 4 rings (SSSR count). The third kappa shape index (κ3) is 9.71. The van der Waals surface area contributed by atoms with Crippen LogP contribution < -0.4 is 90.8 Å². The summed E-state index contributed by atoms with van der Waals surface area (Å²) in [7, 11) is 0. The molecule has 2 aliphatic rings. The van der Waals surface area contributed by atoms with Crippen LogP contribution >= 0.6 is 0 Å². The Labute approximate surface area is 289 Å². The normalized spacial score (nSPS) is 15.7. The fraction of sp³-hybridized carbons (Fsp3) is 0.0357. The number of hydrogen-bond acceptors (Lipinski definition) is 11. The molecule has 13 nitrogen and oxygen atoms in total. The number of allylic oxidation sites excluding steroid dienone is 6. The fourth-order valence-electron chi connectivity index (χ4n) is 3.53. The topological polar surface area (TPSA) is 204 Å². The molecule has 0 fully saturated rings. The monoisotopic (exact) mass is 598 g/mol. The van der Waals surface area contributed by atoms with Crippen molar-refractivity contribution in [3.05, 3.63) is 95.6 Å². The largest absolute Gasteiger partial charge is 1.00 e. The summed E-state index contributed by atoms with van der Waals surface area (Å²) in [6.07, 6.45) is 6.12. The van der Waals surface area contributed by atoms with Gasteiger partial charge in [-0.25, -0.2) is 4.79 Å². The second-order valence-corrected chi connectivity index (χ2v) is 8.58. The summed E-state index contributed by atoms with van der Waals surface area (Å²) in [5.41, 5.74) is 7.25. The Balaban J connectivity index is 0.00000323. The van der Waals surface area contributed by atoms with E-state index in [0.717, 1.165) is 18.2 Å². The van der Waals surface area contributed by atoms with Crippen molar-refractivity contribution in [2.75, 3.05) is 21.5 Å². The summed E-state index contributed by atoms with van der Waals surface area (Å²) in [6, 6.07) is 12.5.